The summed E-state index contributed by atoms with van der Waals surface area (Å²) in [6, 6.07) is 0. The Labute approximate surface area is 152 Å². The average Bonchev–Trinajstić information content (AvgIpc) is 2.34. The molecule has 1 saturated carbocycles. The fraction of sp³-hybridized carbons (Fsp3) is 0.895. The highest BCUT2D eigenvalue weighted by molar-refractivity contribution is 8.05. The van der Waals surface area contributed by atoms with Gasteiger partial charge in [0.15, 0.2) is 8.32 Å². The van der Waals surface area contributed by atoms with Crippen molar-refractivity contribution in [3.8, 4) is 0 Å². The lowest BCUT2D eigenvalue weighted by atomic mass is 9.79. The summed E-state index contributed by atoms with van der Waals surface area (Å²) in [7, 11) is -2.98. The molecule has 0 spiro atoms. The zero-order valence-electron chi connectivity index (χ0n) is 17.3. The molecule has 4 heteroatoms. The first kappa shape index (κ1) is 21.5. The Morgan fingerprint density at radius 3 is 2.13 bits per heavy atom. The van der Waals surface area contributed by atoms with E-state index in [9.17, 15) is 0 Å². The van der Waals surface area contributed by atoms with Gasteiger partial charge in [-0.3, -0.25) is 0 Å². The number of thioether (sulfide) groups is 1. The fourth-order valence-corrected chi connectivity index (χ4v) is 8.53. The van der Waals surface area contributed by atoms with Crippen molar-refractivity contribution in [2.24, 2.45) is 5.92 Å². The van der Waals surface area contributed by atoms with Crippen LogP contribution in [0.15, 0.2) is 10.1 Å². The fourth-order valence-electron chi connectivity index (χ4n) is 2.80. The standard InChI is InChI=1S/C19H40OSSi2/c1-11-12-13-21-18(22(6,7)8)17-15(2)14-16(17)20-23(9,10)19(3,4)5/h15-16H,11-14H2,1-10H3/b18-17+/t15-,16+/m1/s1. The third kappa shape index (κ3) is 5.48. The Morgan fingerprint density at radius 1 is 1.17 bits per heavy atom. The van der Waals surface area contributed by atoms with E-state index in [0.29, 0.717) is 11.1 Å². The van der Waals surface area contributed by atoms with Crippen LogP contribution in [-0.2, 0) is 4.43 Å². The summed E-state index contributed by atoms with van der Waals surface area (Å²) in [5.74, 6) is 2.00. The van der Waals surface area contributed by atoms with Crippen molar-refractivity contribution < 1.29 is 4.43 Å². The lowest BCUT2D eigenvalue weighted by molar-refractivity contribution is 0.130. The second-order valence-electron chi connectivity index (χ2n) is 9.74. The molecule has 1 rings (SSSR count). The first-order valence-corrected chi connectivity index (χ1v) is 16.8. The second kappa shape index (κ2) is 7.80. The molecule has 0 unspecified atom stereocenters. The Bertz CT molecular complexity index is 430. The van der Waals surface area contributed by atoms with Crippen molar-refractivity contribution in [3.63, 3.8) is 0 Å². The molecular weight excluding hydrogens is 332 g/mol. The molecule has 23 heavy (non-hydrogen) atoms. The molecule has 1 aliphatic carbocycles. The van der Waals surface area contributed by atoms with E-state index in [2.05, 4.69) is 79.1 Å². The van der Waals surface area contributed by atoms with E-state index >= 15 is 0 Å². The third-order valence-electron chi connectivity index (χ3n) is 5.38. The van der Waals surface area contributed by atoms with Gasteiger partial charge in [0, 0.05) is 0 Å². The topological polar surface area (TPSA) is 9.23 Å². The van der Waals surface area contributed by atoms with Crippen LogP contribution in [0, 0.1) is 5.92 Å². The summed E-state index contributed by atoms with van der Waals surface area (Å²) in [6.07, 6.45) is 4.25. The third-order valence-corrected chi connectivity index (χ3v) is 14.8. The molecule has 0 N–H and O–H groups in total. The van der Waals surface area contributed by atoms with Crippen LogP contribution < -0.4 is 0 Å². The summed E-state index contributed by atoms with van der Waals surface area (Å²) in [6.45, 7) is 24.0. The Balaban J connectivity index is 3.03. The van der Waals surface area contributed by atoms with E-state index < -0.39 is 16.4 Å². The van der Waals surface area contributed by atoms with Crippen LogP contribution >= 0.6 is 11.8 Å². The maximum atomic E-state index is 6.79. The molecule has 1 aliphatic rings. The molecule has 0 aromatic rings. The lowest BCUT2D eigenvalue weighted by Crippen LogP contribution is -2.49. The van der Waals surface area contributed by atoms with Gasteiger partial charge in [-0.05, 0) is 52.7 Å². The normalized spacial score (nSPS) is 25.3. The highest BCUT2D eigenvalue weighted by atomic mass is 32.2. The first-order valence-electron chi connectivity index (χ1n) is 9.36. The highest BCUT2D eigenvalue weighted by Gasteiger charge is 2.45. The summed E-state index contributed by atoms with van der Waals surface area (Å²) in [4.78, 5) is 0. The quantitative estimate of drug-likeness (QED) is 0.349. The van der Waals surface area contributed by atoms with Crippen LogP contribution in [0.5, 0.6) is 0 Å². The van der Waals surface area contributed by atoms with E-state index in [1.165, 1.54) is 25.0 Å². The Kier molecular flexibility index (Phi) is 7.30. The molecule has 136 valence electrons. The molecule has 0 aromatic heterocycles. The number of rotatable bonds is 7. The highest BCUT2D eigenvalue weighted by Crippen LogP contribution is 2.48. The van der Waals surface area contributed by atoms with Gasteiger partial charge < -0.3 is 4.43 Å². The summed E-state index contributed by atoms with van der Waals surface area (Å²) >= 11 is 2.15. The molecule has 0 amide bonds. The largest absolute Gasteiger partial charge is 0.410 e. The number of hydrogen-bond donors (Lipinski definition) is 0. The van der Waals surface area contributed by atoms with Crippen LogP contribution in [0.4, 0.5) is 0 Å². The van der Waals surface area contributed by atoms with Crippen molar-refractivity contribution in [1.29, 1.82) is 0 Å². The zero-order chi connectivity index (χ0) is 18.1. The summed E-state index contributed by atoms with van der Waals surface area (Å²) in [5.41, 5.74) is 1.68. The number of unbranched alkanes of at least 4 members (excludes halogenated alkanes) is 1. The van der Waals surface area contributed by atoms with E-state index in [-0.39, 0.29) is 0 Å². The molecular formula is C19H40OSSi2. The minimum atomic E-state index is -1.68. The van der Waals surface area contributed by atoms with Gasteiger partial charge in [0.1, 0.15) is 0 Å². The first-order chi connectivity index (χ1) is 10.3. The molecule has 0 aliphatic heterocycles. The predicted octanol–water partition coefficient (Wildman–Crippen LogP) is 7.08. The van der Waals surface area contributed by atoms with Crippen molar-refractivity contribution in [2.75, 3.05) is 5.75 Å². The molecule has 0 saturated heterocycles. The van der Waals surface area contributed by atoms with Crippen LogP contribution in [0.25, 0.3) is 0 Å². The van der Waals surface area contributed by atoms with Gasteiger partial charge in [-0.15, -0.1) is 11.8 Å². The van der Waals surface area contributed by atoms with Gasteiger partial charge in [-0.25, -0.2) is 0 Å². The number of hydrogen-bond acceptors (Lipinski definition) is 2. The monoisotopic (exact) mass is 372 g/mol. The van der Waals surface area contributed by atoms with Crippen LogP contribution in [0.1, 0.15) is 53.9 Å². The summed E-state index contributed by atoms with van der Waals surface area (Å²) in [5, 5.41) is 0.297. The molecule has 0 heterocycles. The SMILES string of the molecule is CCCCS/C(=C1/[C@H](C)C[C@@H]1O[Si](C)(C)C(C)(C)C)[Si](C)(C)C. The summed E-state index contributed by atoms with van der Waals surface area (Å²) < 4.78 is 8.54. The van der Waals surface area contributed by atoms with Gasteiger partial charge in [0.2, 0.25) is 0 Å². The van der Waals surface area contributed by atoms with Gasteiger partial charge in [0.25, 0.3) is 0 Å². The average molecular weight is 373 g/mol. The maximum absolute atomic E-state index is 6.79. The van der Waals surface area contributed by atoms with E-state index in [1.807, 2.05) is 0 Å². The minimum absolute atomic E-state index is 0.297. The van der Waals surface area contributed by atoms with Gasteiger partial charge >= 0.3 is 0 Å². The van der Waals surface area contributed by atoms with Crippen molar-refractivity contribution in [1.82, 2.24) is 0 Å². The Hall–Kier alpha value is 0.484. The maximum Gasteiger partial charge on any atom is 0.192 e. The van der Waals surface area contributed by atoms with Gasteiger partial charge in [-0.2, -0.15) is 0 Å². The Morgan fingerprint density at radius 2 is 1.74 bits per heavy atom. The van der Waals surface area contributed by atoms with E-state index in [0.717, 1.165) is 5.92 Å². The van der Waals surface area contributed by atoms with Gasteiger partial charge in [0.05, 0.1) is 14.2 Å². The molecule has 1 fully saturated rings. The van der Waals surface area contributed by atoms with Crippen LogP contribution in [-0.4, -0.2) is 28.2 Å². The minimum Gasteiger partial charge on any atom is -0.410 e. The molecule has 2 atom stereocenters. The molecule has 0 aromatic carbocycles. The molecule has 0 radical (unpaired) electrons. The second-order valence-corrected chi connectivity index (χ2v) is 21.0. The molecule has 1 nitrogen and oxygen atoms in total. The van der Waals surface area contributed by atoms with Crippen molar-refractivity contribution in [2.45, 2.75) is 97.8 Å². The van der Waals surface area contributed by atoms with E-state index in [4.69, 9.17) is 4.43 Å². The van der Waals surface area contributed by atoms with Crippen LogP contribution in [0.3, 0.4) is 0 Å². The van der Waals surface area contributed by atoms with Crippen molar-refractivity contribution >= 4 is 28.2 Å². The smallest absolute Gasteiger partial charge is 0.192 e. The van der Waals surface area contributed by atoms with Crippen molar-refractivity contribution in [3.05, 3.63) is 10.1 Å². The van der Waals surface area contributed by atoms with Crippen LogP contribution in [0.2, 0.25) is 37.8 Å². The molecule has 0 bridgehead atoms. The van der Waals surface area contributed by atoms with Gasteiger partial charge in [-0.1, -0.05) is 60.7 Å². The zero-order valence-corrected chi connectivity index (χ0v) is 20.1. The van der Waals surface area contributed by atoms with E-state index in [1.54, 1.807) is 10.1 Å². The lowest BCUT2D eigenvalue weighted by Gasteiger charge is -2.47. The predicted molar refractivity (Wildman–Crippen MR) is 114 cm³/mol.